The van der Waals surface area contributed by atoms with E-state index in [-0.39, 0.29) is 16.9 Å². The second-order valence-corrected chi connectivity index (χ2v) is 7.19. The van der Waals surface area contributed by atoms with Gasteiger partial charge in [-0.25, -0.2) is 13.8 Å². The van der Waals surface area contributed by atoms with Crippen molar-refractivity contribution in [2.75, 3.05) is 6.26 Å². The number of thioether (sulfide) groups is 1. The van der Waals surface area contributed by atoms with Crippen LogP contribution in [0.5, 0.6) is 0 Å². The van der Waals surface area contributed by atoms with E-state index in [2.05, 4.69) is 11.2 Å². The number of imidazole rings is 1. The molecule has 0 radical (unpaired) electrons. The van der Waals surface area contributed by atoms with Crippen LogP contribution in [0.25, 0.3) is 11.0 Å². The van der Waals surface area contributed by atoms with E-state index < -0.39 is 11.6 Å². The Morgan fingerprint density at radius 1 is 1.38 bits per heavy atom. The van der Waals surface area contributed by atoms with Gasteiger partial charge in [0.05, 0.1) is 10.9 Å². The number of fused-ring (bicyclic) bond motifs is 1. The van der Waals surface area contributed by atoms with Gasteiger partial charge >= 0.3 is 0 Å². The van der Waals surface area contributed by atoms with Crippen molar-refractivity contribution < 1.29 is 8.78 Å². The molecule has 2 aromatic rings. The van der Waals surface area contributed by atoms with E-state index >= 15 is 0 Å². The summed E-state index contributed by atoms with van der Waals surface area (Å²) in [5.74, 6) is -1.03. The minimum absolute atomic E-state index is 0.123. The summed E-state index contributed by atoms with van der Waals surface area (Å²) in [4.78, 5) is 4.44. The smallest absolute Gasteiger partial charge is 0.184 e. The molecule has 1 heterocycles. The molecule has 3 atom stereocenters. The maximum Gasteiger partial charge on any atom is 0.184 e. The first kappa shape index (κ1) is 15.1. The molecule has 1 aliphatic rings. The number of hydrogen-bond donors (Lipinski definition) is 0. The van der Waals surface area contributed by atoms with Crippen molar-refractivity contribution in [3.63, 3.8) is 0 Å². The number of aromatic nitrogens is 2. The van der Waals surface area contributed by atoms with E-state index in [9.17, 15) is 8.78 Å². The van der Waals surface area contributed by atoms with Gasteiger partial charge in [-0.15, -0.1) is 11.6 Å². The fourth-order valence-electron chi connectivity index (χ4n) is 3.23. The van der Waals surface area contributed by atoms with Crippen molar-refractivity contribution in [2.45, 2.75) is 42.9 Å². The molecule has 1 aliphatic carbocycles. The molecule has 1 saturated carbocycles. The van der Waals surface area contributed by atoms with Crippen LogP contribution in [-0.4, -0.2) is 21.1 Å². The lowest BCUT2D eigenvalue weighted by Gasteiger charge is -2.23. The molecule has 3 unspecified atom stereocenters. The number of hydrogen-bond acceptors (Lipinski definition) is 2. The van der Waals surface area contributed by atoms with Gasteiger partial charge in [-0.05, 0) is 38.2 Å². The van der Waals surface area contributed by atoms with Crippen LogP contribution in [0.15, 0.2) is 12.1 Å². The summed E-state index contributed by atoms with van der Waals surface area (Å²) in [6.45, 7) is 1.82. The molecule has 1 fully saturated rings. The Labute approximate surface area is 131 Å². The average Bonchev–Trinajstić information content (AvgIpc) is 3.06. The van der Waals surface area contributed by atoms with Gasteiger partial charge in [0.25, 0.3) is 0 Å². The fourth-order valence-corrected chi connectivity index (χ4v) is 4.36. The third-order valence-electron chi connectivity index (χ3n) is 4.18. The van der Waals surface area contributed by atoms with Crippen molar-refractivity contribution in [1.82, 2.24) is 9.55 Å². The summed E-state index contributed by atoms with van der Waals surface area (Å²) in [7, 11) is 0. The van der Waals surface area contributed by atoms with Gasteiger partial charge in [-0.1, -0.05) is 6.42 Å². The third-order valence-corrected chi connectivity index (χ3v) is 5.53. The normalized spacial score (nSPS) is 23.9. The highest BCUT2D eigenvalue weighted by Crippen LogP contribution is 2.42. The topological polar surface area (TPSA) is 17.8 Å². The van der Waals surface area contributed by atoms with Crippen LogP contribution in [0.1, 0.15) is 43.4 Å². The number of nitrogens with zero attached hydrogens (tertiary/aromatic N) is 2. The summed E-state index contributed by atoms with van der Waals surface area (Å²) in [5, 5.41) is 0.0437. The quantitative estimate of drug-likeness (QED) is 0.731. The molecule has 6 heteroatoms. The Morgan fingerprint density at radius 2 is 2.14 bits per heavy atom. The highest BCUT2D eigenvalue weighted by Gasteiger charge is 2.33. The van der Waals surface area contributed by atoms with E-state index in [1.165, 1.54) is 6.07 Å². The van der Waals surface area contributed by atoms with Gasteiger partial charge in [-0.3, -0.25) is 0 Å². The van der Waals surface area contributed by atoms with Gasteiger partial charge in [0.2, 0.25) is 0 Å². The Morgan fingerprint density at radius 3 is 2.81 bits per heavy atom. The molecule has 2 nitrogen and oxygen atoms in total. The summed E-state index contributed by atoms with van der Waals surface area (Å²) in [6.07, 6.45) is 5.17. The molecule has 21 heavy (non-hydrogen) atoms. The zero-order chi connectivity index (χ0) is 15.1. The molecule has 0 amide bonds. The zero-order valence-electron chi connectivity index (χ0n) is 11.9. The monoisotopic (exact) mass is 330 g/mol. The molecule has 1 aromatic carbocycles. The summed E-state index contributed by atoms with van der Waals surface area (Å²) in [6, 6.07) is 2.77. The largest absolute Gasteiger partial charge is 0.320 e. The van der Waals surface area contributed by atoms with Crippen molar-refractivity contribution in [3.05, 3.63) is 29.6 Å². The first-order valence-corrected chi connectivity index (χ1v) is 8.79. The van der Waals surface area contributed by atoms with Crippen LogP contribution in [-0.2, 0) is 0 Å². The van der Waals surface area contributed by atoms with E-state index in [0.29, 0.717) is 16.6 Å². The fraction of sp³-hybridized carbons (Fsp3) is 0.533. The predicted octanol–water partition coefficient (Wildman–Crippen LogP) is 5.07. The van der Waals surface area contributed by atoms with Crippen LogP contribution >= 0.6 is 23.4 Å². The van der Waals surface area contributed by atoms with E-state index in [1.807, 2.05) is 11.5 Å². The first-order chi connectivity index (χ1) is 10.0. The maximum absolute atomic E-state index is 14.3. The Kier molecular flexibility index (Phi) is 4.14. The van der Waals surface area contributed by atoms with Crippen molar-refractivity contribution in [3.8, 4) is 0 Å². The molecule has 0 saturated heterocycles. The number of alkyl halides is 1. The summed E-state index contributed by atoms with van der Waals surface area (Å²) < 4.78 is 29.8. The van der Waals surface area contributed by atoms with Crippen molar-refractivity contribution in [2.24, 2.45) is 0 Å². The summed E-state index contributed by atoms with van der Waals surface area (Å²) >= 11 is 8.00. The highest BCUT2D eigenvalue weighted by molar-refractivity contribution is 7.99. The van der Waals surface area contributed by atoms with E-state index in [1.54, 1.807) is 11.8 Å². The molecule has 0 spiro atoms. The van der Waals surface area contributed by atoms with Crippen LogP contribution < -0.4 is 0 Å². The second kappa shape index (κ2) is 5.76. The molecule has 0 aliphatic heterocycles. The lowest BCUT2D eigenvalue weighted by atomic mass is 10.2. The van der Waals surface area contributed by atoms with Crippen LogP contribution in [0.3, 0.4) is 0 Å². The van der Waals surface area contributed by atoms with E-state index in [4.69, 9.17) is 11.6 Å². The van der Waals surface area contributed by atoms with Gasteiger partial charge in [-0.2, -0.15) is 11.8 Å². The van der Waals surface area contributed by atoms with Gasteiger partial charge in [0.1, 0.15) is 11.3 Å². The number of halogens is 3. The standard InChI is InChI=1S/C15H17ClF2N2S/c1-8(16)15-19-10-7-6-9(17)13(18)14(10)20(15)11-4-3-5-12(11)21-2/h6-8,11-12H,3-5H2,1-2H3. The minimum atomic E-state index is -0.837. The van der Waals surface area contributed by atoms with Gasteiger partial charge < -0.3 is 4.57 Å². The predicted molar refractivity (Wildman–Crippen MR) is 84.1 cm³/mol. The first-order valence-electron chi connectivity index (χ1n) is 7.07. The lowest BCUT2D eigenvalue weighted by Crippen LogP contribution is -2.19. The molecule has 114 valence electrons. The SMILES string of the molecule is CSC1CCCC1n1c(C(C)Cl)nc2ccc(F)c(F)c21. The lowest BCUT2D eigenvalue weighted by molar-refractivity contribution is 0.487. The number of rotatable bonds is 3. The van der Waals surface area contributed by atoms with Crippen LogP contribution in [0.4, 0.5) is 8.78 Å². The molecule has 3 rings (SSSR count). The molecule has 0 bridgehead atoms. The number of benzene rings is 1. The third kappa shape index (κ3) is 2.44. The Hall–Kier alpha value is -0.810. The van der Waals surface area contributed by atoms with Crippen molar-refractivity contribution >= 4 is 34.4 Å². The summed E-state index contributed by atoms with van der Waals surface area (Å²) in [5.41, 5.74) is 0.728. The van der Waals surface area contributed by atoms with Gasteiger partial charge in [0, 0.05) is 11.3 Å². The van der Waals surface area contributed by atoms with E-state index in [0.717, 1.165) is 25.3 Å². The highest BCUT2D eigenvalue weighted by atomic mass is 35.5. The van der Waals surface area contributed by atoms with Crippen LogP contribution in [0.2, 0.25) is 0 Å². The Bertz CT molecular complexity index is 671. The molecular weight excluding hydrogens is 314 g/mol. The van der Waals surface area contributed by atoms with Gasteiger partial charge in [0.15, 0.2) is 11.6 Å². The van der Waals surface area contributed by atoms with Crippen LogP contribution in [0, 0.1) is 11.6 Å². The Balaban J connectivity index is 2.27. The zero-order valence-corrected chi connectivity index (χ0v) is 13.5. The maximum atomic E-state index is 14.3. The average molecular weight is 331 g/mol. The molecular formula is C15H17ClF2N2S. The minimum Gasteiger partial charge on any atom is -0.320 e. The van der Waals surface area contributed by atoms with Crippen molar-refractivity contribution in [1.29, 1.82) is 0 Å². The molecule has 0 N–H and O–H groups in total. The molecule has 1 aromatic heterocycles. The second-order valence-electron chi connectivity index (χ2n) is 5.46.